The van der Waals surface area contributed by atoms with Gasteiger partial charge in [-0.2, -0.15) is 0 Å². The van der Waals surface area contributed by atoms with Crippen molar-refractivity contribution < 1.29 is 39.8 Å². The van der Waals surface area contributed by atoms with Crippen molar-refractivity contribution in [1.82, 2.24) is 5.32 Å². The Balaban J connectivity index is 2.20. The number of carbonyl (C=O) groups excluding carboxylic acids is 1. The maximum atomic E-state index is 13.1. The number of allylic oxidation sites excluding steroid dienone is 17. The lowest BCUT2D eigenvalue weighted by molar-refractivity contribution is -0.302. The first kappa shape index (κ1) is 75.9. The van der Waals surface area contributed by atoms with Crippen molar-refractivity contribution in [2.75, 3.05) is 13.2 Å². The summed E-state index contributed by atoms with van der Waals surface area (Å²) in [6.45, 7) is 3.67. The van der Waals surface area contributed by atoms with E-state index in [0.717, 1.165) is 96.3 Å². The summed E-state index contributed by atoms with van der Waals surface area (Å²) < 4.78 is 11.3. The summed E-state index contributed by atoms with van der Waals surface area (Å²) in [6.07, 6.45) is 81.8. The number of hydrogen-bond acceptors (Lipinski definition) is 8. The van der Waals surface area contributed by atoms with Crippen LogP contribution in [-0.4, -0.2) is 87.5 Å². The molecular weight excluding hydrogens is 1010 g/mol. The Kier molecular flexibility index (Phi) is 56.2. The van der Waals surface area contributed by atoms with Crippen LogP contribution in [0.15, 0.2) is 109 Å². The van der Waals surface area contributed by atoms with Crippen LogP contribution in [0.4, 0.5) is 0 Å². The molecule has 0 aromatic rings. The molecule has 1 saturated heterocycles. The smallest absolute Gasteiger partial charge is 0.220 e. The minimum Gasteiger partial charge on any atom is -0.394 e. The first-order valence-electron chi connectivity index (χ1n) is 33.6. The van der Waals surface area contributed by atoms with Gasteiger partial charge in [0, 0.05) is 6.42 Å². The maximum Gasteiger partial charge on any atom is 0.220 e. The summed E-state index contributed by atoms with van der Waals surface area (Å²) in [6, 6.07) is -0.834. The Labute approximate surface area is 497 Å². The number of aliphatic hydroxyl groups is 5. The number of carbonyl (C=O) groups is 1. The fraction of sp³-hybridized carbons (Fsp3) is 0.736. The van der Waals surface area contributed by atoms with E-state index in [-0.39, 0.29) is 12.5 Å². The van der Waals surface area contributed by atoms with Gasteiger partial charge in [-0.05, 0) is 89.9 Å². The molecule has 1 aliphatic heterocycles. The highest BCUT2D eigenvalue weighted by Crippen LogP contribution is 2.23. The van der Waals surface area contributed by atoms with Crippen LogP contribution in [0.5, 0.6) is 0 Å². The van der Waals surface area contributed by atoms with Gasteiger partial charge in [0.1, 0.15) is 24.4 Å². The zero-order valence-corrected chi connectivity index (χ0v) is 52.0. The van der Waals surface area contributed by atoms with E-state index in [2.05, 4.69) is 116 Å². The number of nitrogens with one attached hydrogen (secondary N) is 1. The van der Waals surface area contributed by atoms with Gasteiger partial charge in [-0.15, -0.1) is 0 Å². The molecule has 0 aromatic carbocycles. The van der Waals surface area contributed by atoms with Gasteiger partial charge in [-0.1, -0.05) is 297 Å². The van der Waals surface area contributed by atoms with Gasteiger partial charge in [0.15, 0.2) is 6.29 Å². The Morgan fingerprint density at radius 2 is 0.778 bits per heavy atom. The summed E-state index contributed by atoms with van der Waals surface area (Å²) in [5.74, 6) is -0.195. The second kappa shape index (κ2) is 60.0. The van der Waals surface area contributed by atoms with Gasteiger partial charge < -0.3 is 40.3 Å². The van der Waals surface area contributed by atoms with E-state index in [1.807, 2.05) is 6.08 Å². The van der Waals surface area contributed by atoms with E-state index in [1.165, 1.54) is 167 Å². The molecule has 81 heavy (non-hydrogen) atoms. The average molecular weight is 1130 g/mol. The first-order chi connectivity index (χ1) is 39.8. The molecule has 6 N–H and O–H groups in total. The summed E-state index contributed by atoms with van der Waals surface area (Å²) in [5.41, 5.74) is 0. The van der Waals surface area contributed by atoms with E-state index in [1.54, 1.807) is 6.08 Å². The molecule has 9 heteroatoms. The third kappa shape index (κ3) is 48.9. The van der Waals surface area contributed by atoms with E-state index < -0.39 is 49.5 Å². The minimum atomic E-state index is -1.58. The van der Waals surface area contributed by atoms with Crippen LogP contribution >= 0.6 is 0 Å². The lowest BCUT2D eigenvalue weighted by Crippen LogP contribution is -2.60. The highest BCUT2D eigenvalue weighted by molar-refractivity contribution is 5.76. The lowest BCUT2D eigenvalue weighted by atomic mass is 9.99. The third-order valence-electron chi connectivity index (χ3n) is 15.3. The van der Waals surface area contributed by atoms with Crippen molar-refractivity contribution in [1.29, 1.82) is 0 Å². The monoisotopic (exact) mass is 1130 g/mol. The average Bonchev–Trinajstić information content (AvgIpc) is 3.47. The highest BCUT2D eigenvalue weighted by Gasteiger charge is 2.44. The van der Waals surface area contributed by atoms with Crippen molar-refractivity contribution in [2.24, 2.45) is 0 Å². The quantitative estimate of drug-likeness (QED) is 0.0261. The van der Waals surface area contributed by atoms with Crippen molar-refractivity contribution in [3.8, 4) is 0 Å². The molecule has 0 aromatic heterocycles. The normalized spacial score (nSPS) is 19.1. The molecule has 466 valence electrons. The predicted octanol–water partition coefficient (Wildman–Crippen LogP) is 18.1. The highest BCUT2D eigenvalue weighted by atomic mass is 16.7. The van der Waals surface area contributed by atoms with E-state index in [9.17, 15) is 30.3 Å². The van der Waals surface area contributed by atoms with Crippen molar-refractivity contribution in [3.05, 3.63) is 109 Å². The van der Waals surface area contributed by atoms with Crippen molar-refractivity contribution in [3.63, 3.8) is 0 Å². The second-order valence-electron chi connectivity index (χ2n) is 22.9. The number of unbranched alkanes of at least 4 members (excludes halogenated alkanes) is 31. The summed E-state index contributed by atoms with van der Waals surface area (Å²) in [5, 5.41) is 54.7. The molecule has 0 spiro atoms. The van der Waals surface area contributed by atoms with Gasteiger partial charge in [-0.25, -0.2) is 0 Å². The van der Waals surface area contributed by atoms with Gasteiger partial charge in [-0.3, -0.25) is 4.79 Å². The lowest BCUT2D eigenvalue weighted by Gasteiger charge is -2.40. The number of hydrogen-bond donors (Lipinski definition) is 6. The van der Waals surface area contributed by atoms with Crippen LogP contribution in [0.25, 0.3) is 0 Å². The molecule has 0 radical (unpaired) electrons. The summed E-state index contributed by atoms with van der Waals surface area (Å²) >= 11 is 0. The van der Waals surface area contributed by atoms with Crippen LogP contribution in [0.2, 0.25) is 0 Å². The van der Waals surface area contributed by atoms with Crippen LogP contribution in [0.1, 0.15) is 284 Å². The van der Waals surface area contributed by atoms with Crippen LogP contribution < -0.4 is 5.32 Å². The number of ether oxygens (including phenoxy) is 2. The zero-order chi connectivity index (χ0) is 58.6. The van der Waals surface area contributed by atoms with E-state index >= 15 is 0 Å². The minimum absolute atomic E-state index is 0.195. The fourth-order valence-corrected chi connectivity index (χ4v) is 10.1. The molecule has 7 atom stereocenters. The Hall–Kier alpha value is -3.15. The predicted molar refractivity (Wildman–Crippen MR) is 345 cm³/mol. The largest absolute Gasteiger partial charge is 0.394 e. The number of aliphatic hydroxyl groups excluding tert-OH is 5. The molecule has 1 amide bonds. The Morgan fingerprint density at radius 3 is 1.19 bits per heavy atom. The topological polar surface area (TPSA) is 149 Å². The molecule has 9 nitrogen and oxygen atoms in total. The van der Waals surface area contributed by atoms with E-state index in [0.29, 0.717) is 6.42 Å². The van der Waals surface area contributed by atoms with Gasteiger partial charge in [0.2, 0.25) is 5.91 Å². The maximum absolute atomic E-state index is 13.1. The summed E-state index contributed by atoms with van der Waals surface area (Å²) in [4.78, 5) is 13.1. The van der Waals surface area contributed by atoms with Crippen molar-refractivity contribution in [2.45, 2.75) is 326 Å². The van der Waals surface area contributed by atoms with Crippen LogP contribution in [0.3, 0.4) is 0 Å². The number of rotatable bonds is 57. The molecule has 1 heterocycles. The molecule has 1 rings (SSSR count). The molecular formula is C72H125NO8. The molecule has 1 fully saturated rings. The SMILES string of the molecule is CC/C=C\C/C=C\C/C=C\C/C=C\C/C=C\C/C=C\C/C=C\CCCCCCCCCCCC(=O)NC(COC1OC(CO)C(O)C(O)C1O)C(O)/C=C/CC/C=C/CCCCCCCCCCCCCCCCCCCCCCC. The molecule has 0 saturated carbocycles. The Bertz CT molecular complexity index is 1640. The molecule has 7 unspecified atom stereocenters. The number of amides is 1. The first-order valence-corrected chi connectivity index (χ1v) is 33.6. The second-order valence-corrected chi connectivity index (χ2v) is 22.9. The molecule has 1 aliphatic rings. The van der Waals surface area contributed by atoms with Crippen molar-refractivity contribution >= 4 is 5.91 Å². The molecule has 0 aliphatic carbocycles. The van der Waals surface area contributed by atoms with E-state index in [4.69, 9.17) is 9.47 Å². The Morgan fingerprint density at radius 1 is 0.432 bits per heavy atom. The zero-order valence-electron chi connectivity index (χ0n) is 52.0. The van der Waals surface area contributed by atoms with Gasteiger partial charge >= 0.3 is 0 Å². The van der Waals surface area contributed by atoms with Crippen LogP contribution in [-0.2, 0) is 14.3 Å². The standard InChI is InChI=1S/C72H125NO8/c1-3-5-7-9-11-13-15-17-19-21-23-25-27-29-31-32-33-34-36-38-40-42-44-46-48-50-52-54-56-58-60-62-68(76)73-65(64-80-72-71(79)70(78)69(77)67(63-74)81-72)66(75)61-59-57-55-53-51-49-47-45-43-41-39-37-35-30-28-26-24-22-20-18-16-14-12-10-8-6-4-2/h5,7,11,13,17,19,23,25,29,31,33-34,38,40,51,53,59,61,65-67,69-72,74-75,77-79H,3-4,6,8-10,12,14-16,18,20-22,24,26-28,30,32,35-37,39,41-50,52,54-58,60,62-64H2,1-2H3,(H,73,76)/b7-5-,13-11-,19-17-,25-23-,31-29-,34-33-,40-38-,53-51+,61-59+. The van der Waals surface area contributed by atoms with Gasteiger partial charge in [0.25, 0.3) is 0 Å². The van der Waals surface area contributed by atoms with Crippen LogP contribution in [0, 0.1) is 0 Å². The molecule has 0 bridgehead atoms. The summed E-state index contributed by atoms with van der Waals surface area (Å²) in [7, 11) is 0. The third-order valence-corrected chi connectivity index (χ3v) is 15.3. The fourth-order valence-electron chi connectivity index (χ4n) is 10.1. The van der Waals surface area contributed by atoms with Gasteiger partial charge in [0.05, 0.1) is 25.4 Å².